The molecule has 3 aromatic rings. The third-order valence-electron chi connectivity index (χ3n) is 5.08. The third-order valence-corrected chi connectivity index (χ3v) is 5.08. The van der Waals surface area contributed by atoms with E-state index < -0.39 is 6.09 Å². The van der Waals surface area contributed by atoms with Crippen molar-refractivity contribution in [3.05, 3.63) is 89.5 Å². The Hall–Kier alpha value is -4.04. The zero-order chi connectivity index (χ0) is 21.6. The molecule has 5 nitrogen and oxygen atoms in total. The fourth-order valence-electron chi connectivity index (χ4n) is 3.79. The van der Waals surface area contributed by atoms with E-state index >= 15 is 0 Å². The summed E-state index contributed by atoms with van der Waals surface area (Å²) in [6.45, 7) is 1.89. The second-order valence-electron chi connectivity index (χ2n) is 7.24. The molecule has 0 radical (unpaired) electrons. The number of amides is 2. The first-order valence-electron chi connectivity index (χ1n) is 10.1. The van der Waals surface area contributed by atoms with Gasteiger partial charge in [-0.05, 0) is 40.5 Å². The van der Waals surface area contributed by atoms with Crippen LogP contribution >= 0.6 is 0 Å². The summed E-state index contributed by atoms with van der Waals surface area (Å²) in [5.41, 5.74) is 6.18. The van der Waals surface area contributed by atoms with E-state index in [2.05, 4.69) is 46.7 Å². The highest BCUT2D eigenvalue weighted by Crippen LogP contribution is 2.44. The number of carbonyl (C=O) groups excluding carboxylic acids is 2. The maximum absolute atomic E-state index is 12.2. The van der Waals surface area contributed by atoms with Crippen molar-refractivity contribution in [1.82, 2.24) is 5.32 Å². The summed E-state index contributed by atoms with van der Waals surface area (Å²) in [5, 5.41) is 5.38. The van der Waals surface area contributed by atoms with Gasteiger partial charge in [0.2, 0.25) is 5.91 Å². The van der Waals surface area contributed by atoms with Crippen LogP contribution in [0.1, 0.15) is 29.5 Å². The number of benzene rings is 3. The minimum absolute atomic E-state index is 0.0285. The quantitative estimate of drug-likeness (QED) is 0.621. The molecule has 2 amide bonds. The van der Waals surface area contributed by atoms with Gasteiger partial charge in [-0.2, -0.15) is 0 Å². The van der Waals surface area contributed by atoms with E-state index in [0.29, 0.717) is 5.69 Å². The van der Waals surface area contributed by atoms with Crippen LogP contribution in [0.4, 0.5) is 10.5 Å². The van der Waals surface area contributed by atoms with Crippen LogP contribution in [0.3, 0.4) is 0 Å². The van der Waals surface area contributed by atoms with E-state index in [4.69, 9.17) is 4.74 Å². The topological polar surface area (TPSA) is 67.4 Å². The lowest BCUT2D eigenvalue weighted by molar-refractivity contribution is -0.114. The maximum Gasteiger partial charge on any atom is 0.407 e. The van der Waals surface area contributed by atoms with Gasteiger partial charge in [0, 0.05) is 24.1 Å². The lowest BCUT2D eigenvalue weighted by Crippen LogP contribution is -2.26. The van der Waals surface area contributed by atoms with E-state index in [1.54, 1.807) is 12.1 Å². The minimum atomic E-state index is -0.497. The molecule has 1 aliphatic carbocycles. The van der Waals surface area contributed by atoms with Crippen LogP contribution in [-0.4, -0.2) is 25.2 Å². The summed E-state index contributed by atoms with van der Waals surface area (Å²) in [4.78, 5) is 23.3. The minimum Gasteiger partial charge on any atom is -0.449 e. The summed E-state index contributed by atoms with van der Waals surface area (Å²) in [6, 6.07) is 23.7. The van der Waals surface area contributed by atoms with E-state index in [1.807, 2.05) is 36.4 Å². The Morgan fingerprint density at radius 2 is 1.61 bits per heavy atom. The zero-order valence-corrected chi connectivity index (χ0v) is 17.1. The molecule has 2 N–H and O–H groups in total. The predicted molar refractivity (Wildman–Crippen MR) is 121 cm³/mol. The molecule has 0 saturated heterocycles. The molecule has 0 aromatic heterocycles. The fraction of sp³-hybridized carbons (Fsp3) is 0.154. The molecule has 3 aromatic carbocycles. The zero-order valence-electron chi connectivity index (χ0n) is 17.1. The molecule has 5 heteroatoms. The molecular weight excluding hydrogens is 388 g/mol. The first-order chi connectivity index (χ1) is 15.1. The fourth-order valence-corrected chi connectivity index (χ4v) is 3.79. The van der Waals surface area contributed by atoms with Crippen molar-refractivity contribution in [1.29, 1.82) is 0 Å². The van der Waals surface area contributed by atoms with Gasteiger partial charge in [0.05, 0.1) is 6.54 Å². The predicted octanol–water partition coefficient (Wildman–Crippen LogP) is 4.54. The van der Waals surface area contributed by atoms with Crippen LogP contribution in [-0.2, 0) is 9.53 Å². The number of hydrogen-bond donors (Lipinski definition) is 2. The van der Waals surface area contributed by atoms with Gasteiger partial charge in [-0.1, -0.05) is 66.4 Å². The highest BCUT2D eigenvalue weighted by Gasteiger charge is 2.28. The van der Waals surface area contributed by atoms with E-state index in [0.717, 1.165) is 5.56 Å². The molecule has 1 aliphatic rings. The van der Waals surface area contributed by atoms with Gasteiger partial charge in [-0.25, -0.2) is 4.79 Å². The summed E-state index contributed by atoms with van der Waals surface area (Å²) < 4.78 is 5.49. The van der Waals surface area contributed by atoms with Crippen LogP contribution in [0.15, 0.2) is 72.8 Å². The number of ether oxygens (including phenoxy) is 1. The molecule has 0 bridgehead atoms. The average Bonchev–Trinajstić information content (AvgIpc) is 3.09. The van der Waals surface area contributed by atoms with E-state index in [1.165, 1.54) is 29.2 Å². The maximum atomic E-state index is 12.2. The van der Waals surface area contributed by atoms with Gasteiger partial charge < -0.3 is 15.4 Å². The first-order valence-corrected chi connectivity index (χ1v) is 10.1. The van der Waals surface area contributed by atoms with Gasteiger partial charge in [0.25, 0.3) is 0 Å². The Bertz CT molecular complexity index is 1140. The van der Waals surface area contributed by atoms with Gasteiger partial charge in [-0.15, -0.1) is 0 Å². The van der Waals surface area contributed by atoms with Crippen molar-refractivity contribution in [2.75, 3.05) is 18.5 Å². The molecule has 154 valence electrons. The van der Waals surface area contributed by atoms with Crippen LogP contribution < -0.4 is 10.6 Å². The Morgan fingerprint density at radius 1 is 0.935 bits per heavy atom. The van der Waals surface area contributed by atoms with E-state index in [9.17, 15) is 9.59 Å². The van der Waals surface area contributed by atoms with Gasteiger partial charge in [-0.3, -0.25) is 4.79 Å². The number of anilines is 1. The second kappa shape index (κ2) is 9.19. The largest absolute Gasteiger partial charge is 0.449 e. The van der Waals surface area contributed by atoms with Gasteiger partial charge in [0.1, 0.15) is 6.61 Å². The summed E-state index contributed by atoms with van der Waals surface area (Å²) in [5.74, 6) is 5.75. The van der Waals surface area contributed by atoms with Crippen LogP contribution in [0, 0.1) is 11.8 Å². The monoisotopic (exact) mass is 410 g/mol. The highest BCUT2D eigenvalue weighted by molar-refractivity contribution is 5.88. The SMILES string of the molecule is CC(=O)Nc1cccc(C#CCNC(=O)OCC2c3ccccc3-c3ccccc32)c1. The van der Waals surface area contributed by atoms with Gasteiger partial charge >= 0.3 is 6.09 Å². The van der Waals surface area contributed by atoms with Crippen LogP contribution in [0.2, 0.25) is 0 Å². The summed E-state index contributed by atoms with van der Waals surface area (Å²) in [7, 11) is 0. The number of nitrogens with one attached hydrogen (secondary N) is 2. The van der Waals surface area contributed by atoms with Crippen molar-refractivity contribution in [3.8, 4) is 23.0 Å². The molecule has 0 aliphatic heterocycles. The lowest BCUT2D eigenvalue weighted by atomic mass is 9.98. The first kappa shape index (κ1) is 20.2. The van der Waals surface area contributed by atoms with Gasteiger partial charge in [0.15, 0.2) is 0 Å². The molecular formula is C26H22N2O3. The molecule has 4 rings (SSSR count). The number of hydrogen-bond acceptors (Lipinski definition) is 3. The van der Waals surface area contributed by atoms with Crippen molar-refractivity contribution in [3.63, 3.8) is 0 Å². The summed E-state index contributed by atoms with van der Waals surface area (Å²) >= 11 is 0. The molecule has 0 unspecified atom stereocenters. The number of fused-ring (bicyclic) bond motifs is 3. The highest BCUT2D eigenvalue weighted by atomic mass is 16.5. The number of carbonyl (C=O) groups is 2. The molecule has 0 atom stereocenters. The Kier molecular flexibility index (Phi) is 6.00. The molecule has 0 spiro atoms. The van der Waals surface area contributed by atoms with Crippen LogP contribution in [0.5, 0.6) is 0 Å². The van der Waals surface area contributed by atoms with Crippen molar-refractivity contribution >= 4 is 17.7 Å². The van der Waals surface area contributed by atoms with Crippen molar-refractivity contribution < 1.29 is 14.3 Å². The molecule has 31 heavy (non-hydrogen) atoms. The Balaban J connectivity index is 1.32. The van der Waals surface area contributed by atoms with Crippen molar-refractivity contribution in [2.45, 2.75) is 12.8 Å². The molecule has 0 saturated carbocycles. The normalized spacial score (nSPS) is 11.5. The standard InChI is InChI=1S/C26H22N2O3/c1-18(29)28-20-10-6-8-19(16-20)9-7-15-27-26(30)31-17-25-23-13-4-2-11-21(23)22-12-3-5-14-24(22)25/h2-6,8,10-14,16,25H,15,17H2,1H3,(H,27,30)(H,28,29). The number of alkyl carbamates (subject to hydrolysis) is 1. The van der Waals surface area contributed by atoms with E-state index in [-0.39, 0.29) is 25.0 Å². The molecule has 0 heterocycles. The van der Waals surface area contributed by atoms with Crippen LogP contribution in [0.25, 0.3) is 11.1 Å². The summed E-state index contributed by atoms with van der Waals surface area (Å²) in [6.07, 6.45) is -0.497. The van der Waals surface area contributed by atoms with Crippen molar-refractivity contribution in [2.24, 2.45) is 0 Å². The smallest absolute Gasteiger partial charge is 0.407 e. The number of rotatable bonds is 4. The average molecular weight is 410 g/mol. The lowest BCUT2D eigenvalue weighted by Gasteiger charge is -2.14. The Morgan fingerprint density at radius 3 is 2.29 bits per heavy atom. The molecule has 0 fully saturated rings. The Labute approximate surface area is 181 Å². The third kappa shape index (κ3) is 4.76. The second-order valence-corrected chi connectivity index (χ2v) is 7.24.